The van der Waals surface area contributed by atoms with Crippen LogP contribution in [-0.2, 0) is 13.1 Å². The van der Waals surface area contributed by atoms with Crippen molar-refractivity contribution in [1.29, 1.82) is 0 Å². The van der Waals surface area contributed by atoms with Crippen molar-refractivity contribution in [3.8, 4) is 0 Å². The van der Waals surface area contributed by atoms with E-state index in [1.807, 2.05) is 24.3 Å². The van der Waals surface area contributed by atoms with E-state index in [1.165, 1.54) is 0 Å². The van der Waals surface area contributed by atoms with Gasteiger partial charge in [0.05, 0.1) is 0 Å². The Kier molecular flexibility index (Phi) is 8.83. The van der Waals surface area contributed by atoms with Gasteiger partial charge >= 0.3 is 49.6 Å². The normalized spacial score (nSPS) is 10.5. The minimum atomic E-state index is -3.29. The Morgan fingerprint density at radius 1 is 0.800 bits per heavy atom. The van der Waals surface area contributed by atoms with Crippen molar-refractivity contribution in [1.82, 2.24) is 0 Å². The third-order valence-corrected chi connectivity index (χ3v) is 1.49. The molecule has 0 saturated heterocycles. The Labute approximate surface area is 109 Å². The van der Waals surface area contributed by atoms with Gasteiger partial charge in [-0.1, -0.05) is 24.3 Å². The van der Waals surface area contributed by atoms with Gasteiger partial charge in [-0.25, -0.2) is 0 Å². The Hall–Kier alpha value is 1.10. The van der Waals surface area contributed by atoms with E-state index in [4.69, 9.17) is 47.2 Å². The standard InChI is InChI=1S/C8H12N2.4ClH.Sn/c9-5-7-1-2-8(6-10)4-3-7;;;;;/h1-4H,5-6,9-10H2;4*1H;/q;;;;;+4/p-4. The summed E-state index contributed by atoms with van der Waals surface area (Å²) in [6.07, 6.45) is 0. The van der Waals surface area contributed by atoms with Crippen molar-refractivity contribution >= 4 is 49.6 Å². The van der Waals surface area contributed by atoms with Gasteiger partial charge in [-0.2, -0.15) is 0 Å². The Morgan fingerprint density at radius 3 is 1.13 bits per heavy atom. The summed E-state index contributed by atoms with van der Waals surface area (Å²) < 4.78 is 0. The first-order chi connectivity index (χ1) is 6.86. The molecule has 1 aromatic carbocycles. The molecule has 86 valence electrons. The van der Waals surface area contributed by atoms with Crippen molar-refractivity contribution in [3.63, 3.8) is 0 Å². The SMILES string of the molecule is NCc1ccc(CN)cc1.[Cl][Sn]([Cl])([Cl])[Cl]. The molecule has 0 aliphatic rings. The van der Waals surface area contributed by atoms with Gasteiger partial charge in [-0.05, 0) is 11.1 Å². The molecule has 0 unspecified atom stereocenters. The molecule has 0 heterocycles. The Bertz CT molecular complexity index is 244. The third-order valence-electron chi connectivity index (χ3n) is 1.49. The van der Waals surface area contributed by atoms with Crippen molar-refractivity contribution < 1.29 is 0 Å². The van der Waals surface area contributed by atoms with Crippen LogP contribution in [0.1, 0.15) is 11.1 Å². The van der Waals surface area contributed by atoms with Crippen molar-refractivity contribution in [2.75, 3.05) is 0 Å². The van der Waals surface area contributed by atoms with Gasteiger partial charge in [0.25, 0.3) is 0 Å². The summed E-state index contributed by atoms with van der Waals surface area (Å²) in [7, 11) is 20.1. The molecule has 0 radical (unpaired) electrons. The first-order valence-corrected chi connectivity index (χ1v) is 18.6. The van der Waals surface area contributed by atoms with E-state index >= 15 is 0 Å². The summed E-state index contributed by atoms with van der Waals surface area (Å²) in [6.45, 7) is 1.20. The molecule has 0 bridgehead atoms. The third kappa shape index (κ3) is 11.4. The van der Waals surface area contributed by atoms with Gasteiger partial charge in [-0.3, -0.25) is 0 Å². The number of rotatable bonds is 2. The van der Waals surface area contributed by atoms with Crippen LogP contribution in [-0.4, -0.2) is 13.9 Å². The van der Waals surface area contributed by atoms with Gasteiger partial charge in [0, 0.05) is 13.1 Å². The van der Waals surface area contributed by atoms with Crippen LogP contribution in [0.5, 0.6) is 0 Å². The fourth-order valence-electron chi connectivity index (χ4n) is 0.811. The van der Waals surface area contributed by atoms with Crippen LogP contribution in [0.3, 0.4) is 0 Å². The van der Waals surface area contributed by atoms with E-state index < -0.39 is 13.9 Å². The molecule has 0 fully saturated rings. The second-order valence-electron chi connectivity index (χ2n) is 2.65. The predicted octanol–water partition coefficient (Wildman–Crippen LogP) is 2.98. The van der Waals surface area contributed by atoms with Gasteiger partial charge in [0.1, 0.15) is 0 Å². The van der Waals surface area contributed by atoms with E-state index in [0.717, 1.165) is 11.1 Å². The van der Waals surface area contributed by atoms with Crippen LogP contribution >= 0.6 is 35.7 Å². The molecule has 0 aromatic heterocycles. The molecule has 1 rings (SSSR count). The number of hydrogen-bond acceptors (Lipinski definition) is 2. The van der Waals surface area contributed by atoms with Crippen LogP contribution in [0, 0.1) is 0 Å². The fourth-order valence-corrected chi connectivity index (χ4v) is 0.811. The van der Waals surface area contributed by atoms with Crippen molar-refractivity contribution in [3.05, 3.63) is 35.4 Å². The fraction of sp³-hybridized carbons (Fsp3) is 0.250. The van der Waals surface area contributed by atoms with Crippen LogP contribution < -0.4 is 11.5 Å². The van der Waals surface area contributed by atoms with Gasteiger partial charge in [0.2, 0.25) is 0 Å². The molecule has 4 N–H and O–H groups in total. The van der Waals surface area contributed by atoms with Crippen molar-refractivity contribution in [2.45, 2.75) is 13.1 Å². The topological polar surface area (TPSA) is 52.0 Å². The number of halogens is 4. The molecule has 0 aliphatic heterocycles. The van der Waals surface area contributed by atoms with Gasteiger partial charge in [-0.15, -0.1) is 0 Å². The molecule has 0 saturated carbocycles. The molecule has 7 heteroatoms. The summed E-state index contributed by atoms with van der Waals surface area (Å²) in [4.78, 5) is 0. The predicted molar refractivity (Wildman–Crippen MR) is 71.4 cm³/mol. The average Bonchev–Trinajstić information content (AvgIpc) is 2.15. The number of hydrogen-bond donors (Lipinski definition) is 2. The maximum atomic E-state index is 5.41. The monoisotopic (exact) mass is 396 g/mol. The number of benzene rings is 1. The van der Waals surface area contributed by atoms with Gasteiger partial charge < -0.3 is 11.5 Å². The van der Waals surface area contributed by atoms with Crippen LogP contribution in [0.15, 0.2) is 24.3 Å². The Morgan fingerprint density at radius 2 is 1.00 bits per heavy atom. The molecule has 0 aliphatic carbocycles. The van der Waals surface area contributed by atoms with E-state index in [-0.39, 0.29) is 0 Å². The summed E-state index contributed by atoms with van der Waals surface area (Å²) >= 11 is -3.29. The first-order valence-electron chi connectivity index (χ1n) is 4.10. The second kappa shape index (κ2) is 8.23. The second-order valence-corrected chi connectivity index (χ2v) is 28.1. The number of nitrogens with two attached hydrogens (primary N) is 2. The molecule has 15 heavy (non-hydrogen) atoms. The van der Waals surface area contributed by atoms with E-state index in [9.17, 15) is 0 Å². The first kappa shape index (κ1) is 16.1. The van der Waals surface area contributed by atoms with E-state index in [0.29, 0.717) is 13.1 Å². The summed E-state index contributed by atoms with van der Waals surface area (Å²) in [6, 6.07) is 8.01. The molecule has 0 atom stereocenters. The minimum absolute atomic E-state index is 0.602. The molecule has 0 spiro atoms. The van der Waals surface area contributed by atoms with Crippen LogP contribution in [0.25, 0.3) is 0 Å². The maximum absolute atomic E-state index is 5.41. The molecule has 2 nitrogen and oxygen atoms in total. The summed E-state index contributed by atoms with van der Waals surface area (Å²) in [5, 5.41) is 0. The van der Waals surface area contributed by atoms with Crippen LogP contribution in [0.4, 0.5) is 0 Å². The van der Waals surface area contributed by atoms with Gasteiger partial charge in [0.15, 0.2) is 0 Å². The van der Waals surface area contributed by atoms with E-state index in [1.54, 1.807) is 0 Å². The molecular formula is C8H12Cl4N2Sn. The van der Waals surface area contributed by atoms with E-state index in [2.05, 4.69) is 0 Å². The molecule has 1 aromatic rings. The zero-order valence-corrected chi connectivity index (χ0v) is 13.8. The zero-order chi connectivity index (χ0) is 11.9. The Balaban J connectivity index is 0.000000336. The van der Waals surface area contributed by atoms with Crippen molar-refractivity contribution in [2.24, 2.45) is 11.5 Å². The quantitative estimate of drug-likeness (QED) is 0.755. The average molecular weight is 397 g/mol. The van der Waals surface area contributed by atoms with Crippen LogP contribution in [0.2, 0.25) is 0 Å². The zero-order valence-electron chi connectivity index (χ0n) is 7.89. The summed E-state index contributed by atoms with van der Waals surface area (Å²) in [5.41, 5.74) is 13.1. The summed E-state index contributed by atoms with van der Waals surface area (Å²) in [5.74, 6) is 0. The molecule has 0 amide bonds. The molecular weight excluding hydrogens is 385 g/mol.